The van der Waals surface area contributed by atoms with Crippen molar-refractivity contribution in [1.82, 2.24) is 15.5 Å². The summed E-state index contributed by atoms with van der Waals surface area (Å²) in [6.45, 7) is 15.1. The number of benzene rings is 1. The smallest absolute Gasteiger partial charge is 0.408 e. The second-order valence-electron chi connectivity index (χ2n) is 11.4. The number of alkyl carbamates (subject to hydrolysis) is 1. The highest BCUT2D eigenvalue weighted by Crippen LogP contribution is 2.36. The van der Waals surface area contributed by atoms with Crippen molar-refractivity contribution in [3.05, 3.63) is 35.9 Å². The lowest BCUT2D eigenvalue weighted by Gasteiger charge is -2.36. The Morgan fingerprint density at radius 1 is 1.03 bits per heavy atom. The topological polar surface area (TPSA) is 87.7 Å². The number of nitrogens with zero attached hydrogens (tertiary/aromatic N) is 1. The minimum Gasteiger partial charge on any atom is -0.444 e. The van der Waals surface area contributed by atoms with Gasteiger partial charge in [-0.1, -0.05) is 44.2 Å². The maximum Gasteiger partial charge on any atom is 0.408 e. The minimum atomic E-state index is -0.783. The van der Waals surface area contributed by atoms with Gasteiger partial charge < -0.3 is 20.3 Å². The van der Waals surface area contributed by atoms with Crippen LogP contribution in [-0.2, 0) is 14.3 Å². The van der Waals surface area contributed by atoms with Gasteiger partial charge in [0.25, 0.3) is 0 Å². The first-order valence-corrected chi connectivity index (χ1v) is 11.9. The fraction of sp³-hybridized carbons (Fsp3) is 0.654. The van der Waals surface area contributed by atoms with Crippen LogP contribution in [0.2, 0.25) is 0 Å². The normalized spacial score (nSPS) is 16.0. The molecule has 7 nitrogen and oxygen atoms in total. The van der Waals surface area contributed by atoms with Gasteiger partial charge in [-0.3, -0.25) is 9.59 Å². The Hall–Kier alpha value is -2.57. The van der Waals surface area contributed by atoms with E-state index in [1.807, 2.05) is 65.0 Å². The van der Waals surface area contributed by atoms with E-state index in [0.29, 0.717) is 6.42 Å². The SMILES string of the molecule is CC(C)CC(NC(=O)OC(C)(C)C)C(=O)N(C1CC1)C(C(=O)NC(C)(C)C)c1ccccc1. The summed E-state index contributed by atoms with van der Waals surface area (Å²) in [5.41, 5.74) is -0.376. The molecule has 0 radical (unpaired) electrons. The fourth-order valence-corrected chi connectivity index (χ4v) is 3.70. The van der Waals surface area contributed by atoms with Crippen LogP contribution in [0.25, 0.3) is 0 Å². The van der Waals surface area contributed by atoms with Crippen molar-refractivity contribution in [2.24, 2.45) is 5.92 Å². The van der Waals surface area contributed by atoms with Crippen LogP contribution in [0.3, 0.4) is 0 Å². The molecule has 0 aliphatic heterocycles. The molecule has 184 valence electrons. The monoisotopic (exact) mass is 459 g/mol. The van der Waals surface area contributed by atoms with Crippen LogP contribution >= 0.6 is 0 Å². The first-order valence-electron chi connectivity index (χ1n) is 11.9. The highest BCUT2D eigenvalue weighted by atomic mass is 16.6. The number of rotatable bonds is 8. The van der Waals surface area contributed by atoms with Gasteiger partial charge in [0.05, 0.1) is 0 Å². The predicted molar refractivity (Wildman–Crippen MR) is 130 cm³/mol. The van der Waals surface area contributed by atoms with Crippen LogP contribution in [0, 0.1) is 5.92 Å². The molecule has 0 spiro atoms. The van der Waals surface area contributed by atoms with Crippen LogP contribution in [0.1, 0.15) is 86.3 Å². The van der Waals surface area contributed by atoms with Gasteiger partial charge in [-0.25, -0.2) is 4.79 Å². The number of carbonyl (C=O) groups is 3. The van der Waals surface area contributed by atoms with Crippen LogP contribution in [0.15, 0.2) is 30.3 Å². The zero-order valence-electron chi connectivity index (χ0n) is 21.4. The largest absolute Gasteiger partial charge is 0.444 e. The summed E-state index contributed by atoms with van der Waals surface area (Å²) in [6.07, 6.45) is 1.48. The number of hydrogen-bond acceptors (Lipinski definition) is 4. The molecule has 3 amide bonds. The van der Waals surface area contributed by atoms with E-state index in [-0.39, 0.29) is 23.8 Å². The van der Waals surface area contributed by atoms with Gasteiger partial charge >= 0.3 is 6.09 Å². The summed E-state index contributed by atoms with van der Waals surface area (Å²) < 4.78 is 5.41. The van der Waals surface area contributed by atoms with E-state index < -0.39 is 29.3 Å². The van der Waals surface area contributed by atoms with Crippen LogP contribution in [0.5, 0.6) is 0 Å². The molecule has 0 saturated heterocycles. The van der Waals surface area contributed by atoms with E-state index >= 15 is 0 Å². The minimum absolute atomic E-state index is 0.0384. The first-order chi connectivity index (χ1) is 15.2. The summed E-state index contributed by atoms with van der Waals surface area (Å²) in [5, 5.41) is 5.82. The lowest BCUT2D eigenvalue weighted by molar-refractivity contribution is -0.144. The Kier molecular flexibility index (Phi) is 8.55. The Balaban J connectivity index is 2.41. The lowest BCUT2D eigenvalue weighted by Crippen LogP contribution is -2.55. The zero-order chi connectivity index (χ0) is 25.0. The van der Waals surface area contributed by atoms with Crippen LogP contribution < -0.4 is 10.6 Å². The Bertz CT molecular complexity index is 820. The van der Waals surface area contributed by atoms with Crippen molar-refractivity contribution >= 4 is 17.9 Å². The summed E-state index contributed by atoms with van der Waals surface area (Å²) in [5.74, 6) is -0.321. The predicted octanol–water partition coefficient (Wildman–Crippen LogP) is 4.57. The fourth-order valence-electron chi connectivity index (χ4n) is 3.70. The van der Waals surface area contributed by atoms with Crippen molar-refractivity contribution in [2.45, 2.75) is 104 Å². The van der Waals surface area contributed by atoms with Gasteiger partial charge in [-0.2, -0.15) is 0 Å². The summed E-state index contributed by atoms with van der Waals surface area (Å²) >= 11 is 0. The Labute approximate surface area is 198 Å². The molecule has 1 saturated carbocycles. The van der Waals surface area contributed by atoms with Crippen molar-refractivity contribution in [3.63, 3.8) is 0 Å². The highest BCUT2D eigenvalue weighted by Gasteiger charge is 2.44. The summed E-state index contributed by atoms with van der Waals surface area (Å²) in [6, 6.07) is 7.76. The number of carbonyl (C=O) groups excluding carboxylic acids is 3. The molecular weight excluding hydrogens is 418 g/mol. The lowest BCUT2D eigenvalue weighted by atomic mass is 9.98. The van der Waals surface area contributed by atoms with Gasteiger partial charge in [-0.05, 0) is 72.3 Å². The second-order valence-corrected chi connectivity index (χ2v) is 11.4. The first kappa shape index (κ1) is 26.7. The maximum atomic E-state index is 13.9. The average molecular weight is 460 g/mol. The molecule has 1 fully saturated rings. The molecule has 2 N–H and O–H groups in total. The number of hydrogen-bond donors (Lipinski definition) is 2. The van der Waals surface area contributed by atoms with Crippen molar-refractivity contribution in [1.29, 1.82) is 0 Å². The molecule has 1 aromatic carbocycles. The highest BCUT2D eigenvalue weighted by molar-refractivity contribution is 5.92. The van der Waals surface area contributed by atoms with Gasteiger partial charge in [0.2, 0.25) is 11.8 Å². The molecule has 0 heterocycles. The van der Waals surface area contributed by atoms with E-state index in [4.69, 9.17) is 4.74 Å². The number of nitrogens with one attached hydrogen (secondary N) is 2. The molecule has 1 aliphatic rings. The molecule has 1 aromatic rings. The standard InChI is InChI=1S/C26H41N3O4/c1-17(2)16-20(27-24(32)33-26(6,7)8)23(31)29(19-14-15-19)21(18-12-10-9-11-13-18)22(30)28-25(3,4)5/h9-13,17,19-21H,14-16H2,1-8H3,(H,27,32)(H,28,30). The van der Waals surface area contributed by atoms with Gasteiger partial charge in [-0.15, -0.1) is 0 Å². The Morgan fingerprint density at radius 2 is 1.61 bits per heavy atom. The van der Waals surface area contributed by atoms with Gasteiger partial charge in [0, 0.05) is 11.6 Å². The van der Waals surface area contributed by atoms with Gasteiger partial charge in [0.1, 0.15) is 17.7 Å². The van der Waals surface area contributed by atoms with Crippen molar-refractivity contribution in [3.8, 4) is 0 Å². The van der Waals surface area contributed by atoms with E-state index in [1.54, 1.807) is 25.7 Å². The summed E-state index contributed by atoms with van der Waals surface area (Å²) in [7, 11) is 0. The van der Waals surface area contributed by atoms with Crippen LogP contribution in [-0.4, -0.2) is 46.0 Å². The van der Waals surface area contributed by atoms with E-state index in [2.05, 4.69) is 10.6 Å². The van der Waals surface area contributed by atoms with E-state index in [9.17, 15) is 14.4 Å². The second kappa shape index (κ2) is 10.6. The molecule has 1 aliphatic carbocycles. The molecule has 7 heteroatoms. The molecular formula is C26H41N3O4. The molecule has 2 atom stereocenters. The molecule has 2 unspecified atom stereocenters. The number of amides is 3. The third-order valence-corrected chi connectivity index (χ3v) is 5.03. The third-order valence-electron chi connectivity index (χ3n) is 5.03. The van der Waals surface area contributed by atoms with Crippen LogP contribution in [0.4, 0.5) is 4.79 Å². The Morgan fingerprint density at radius 3 is 2.06 bits per heavy atom. The maximum absolute atomic E-state index is 13.9. The molecule has 33 heavy (non-hydrogen) atoms. The third kappa shape index (κ3) is 8.71. The van der Waals surface area contributed by atoms with Crippen molar-refractivity contribution < 1.29 is 19.1 Å². The quantitative estimate of drug-likeness (QED) is 0.596. The molecule has 2 rings (SSSR count). The van der Waals surface area contributed by atoms with E-state index in [1.165, 1.54) is 0 Å². The average Bonchev–Trinajstić information content (AvgIpc) is 3.47. The zero-order valence-corrected chi connectivity index (χ0v) is 21.4. The summed E-state index contributed by atoms with van der Waals surface area (Å²) in [4.78, 5) is 41.6. The van der Waals surface area contributed by atoms with Crippen molar-refractivity contribution in [2.75, 3.05) is 0 Å². The molecule has 0 aromatic heterocycles. The number of ether oxygens (including phenoxy) is 1. The van der Waals surface area contributed by atoms with Gasteiger partial charge in [0.15, 0.2) is 0 Å². The molecule has 0 bridgehead atoms. The van der Waals surface area contributed by atoms with E-state index in [0.717, 1.165) is 18.4 Å².